The van der Waals surface area contributed by atoms with Crippen molar-refractivity contribution in [2.24, 2.45) is 0 Å². The van der Waals surface area contributed by atoms with Gasteiger partial charge in [0.2, 0.25) is 0 Å². The van der Waals surface area contributed by atoms with Crippen molar-refractivity contribution in [3.63, 3.8) is 0 Å². The van der Waals surface area contributed by atoms with E-state index in [1.54, 1.807) is 18.2 Å². The number of nitrogens with zero attached hydrogens (tertiary/aromatic N) is 2. The number of aromatic nitrogens is 2. The van der Waals surface area contributed by atoms with Crippen LogP contribution in [0.15, 0.2) is 41.1 Å². The summed E-state index contributed by atoms with van der Waals surface area (Å²) in [5.41, 5.74) is 1.04. The second-order valence-electron chi connectivity index (χ2n) is 6.10. The number of nitrogens with one attached hydrogen (secondary N) is 1. The number of halogens is 2. The second-order valence-corrected chi connectivity index (χ2v) is 6.96. The molecule has 1 unspecified atom stereocenters. The van der Waals surface area contributed by atoms with Gasteiger partial charge < -0.3 is 14.8 Å². The van der Waals surface area contributed by atoms with Crippen LogP contribution in [0.5, 0.6) is 11.5 Å². The van der Waals surface area contributed by atoms with Gasteiger partial charge in [0, 0.05) is 11.5 Å². The number of hydrogen-bond donors (Lipinski definition) is 1. The fraction of sp³-hybridized carbons (Fsp3) is 0.263. The van der Waals surface area contributed by atoms with Crippen LogP contribution in [-0.4, -0.2) is 22.7 Å². The highest BCUT2D eigenvalue weighted by Gasteiger charge is 2.22. The van der Waals surface area contributed by atoms with Gasteiger partial charge in [-0.25, -0.2) is 14.4 Å². The van der Waals surface area contributed by atoms with Crippen LogP contribution < -0.4 is 14.8 Å². The lowest BCUT2D eigenvalue weighted by Gasteiger charge is -2.26. The number of fused-ring (bicyclic) bond motifs is 2. The third-order valence-electron chi connectivity index (χ3n) is 4.23. The summed E-state index contributed by atoms with van der Waals surface area (Å²) in [6.07, 6.45) is 3.47. The summed E-state index contributed by atoms with van der Waals surface area (Å²) in [4.78, 5) is 8.58. The topological polar surface area (TPSA) is 56.3 Å². The van der Waals surface area contributed by atoms with E-state index in [1.165, 1.54) is 6.33 Å². The van der Waals surface area contributed by atoms with Crippen molar-refractivity contribution in [2.45, 2.75) is 25.9 Å². The molecule has 1 atom stereocenters. The Labute approximate surface area is 158 Å². The summed E-state index contributed by atoms with van der Waals surface area (Å²) >= 11 is 3.19. The molecule has 2 aromatic carbocycles. The van der Waals surface area contributed by atoms with Gasteiger partial charge in [-0.3, -0.25) is 0 Å². The van der Waals surface area contributed by atoms with Gasteiger partial charge in [0.05, 0.1) is 15.7 Å². The number of rotatable bonds is 4. The first kappa shape index (κ1) is 17.0. The summed E-state index contributed by atoms with van der Waals surface area (Å²) in [5, 5.41) is 3.78. The third kappa shape index (κ3) is 3.19. The Morgan fingerprint density at radius 3 is 3.00 bits per heavy atom. The van der Waals surface area contributed by atoms with E-state index in [1.807, 2.05) is 12.1 Å². The summed E-state index contributed by atoms with van der Waals surface area (Å²) in [5.74, 6) is 1.46. The lowest BCUT2D eigenvalue weighted by molar-refractivity contribution is 0.0847. The van der Waals surface area contributed by atoms with Gasteiger partial charge in [-0.05, 0) is 40.5 Å². The third-order valence-corrected chi connectivity index (χ3v) is 4.85. The Morgan fingerprint density at radius 1 is 1.27 bits per heavy atom. The summed E-state index contributed by atoms with van der Waals surface area (Å²) in [6.45, 7) is 2.63. The molecule has 134 valence electrons. The van der Waals surface area contributed by atoms with Crippen LogP contribution >= 0.6 is 15.9 Å². The van der Waals surface area contributed by atoms with E-state index < -0.39 is 0 Å². The molecular weight excluding hydrogens is 401 g/mol. The van der Waals surface area contributed by atoms with Crippen molar-refractivity contribution in [2.75, 3.05) is 11.9 Å². The van der Waals surface area contributed by atoms with Gasteiger partial charge in [0.25, 0.3) is 0 Å². The lowest BCUT2D eigenvalue weighted by atomic mass is 10.1. The van der Waals surface area contributed by atoms with Crippen molar-refractivity contribution >= 4 is 38.3 Å². The Bertz CT molecular complexity index is 967. The minimum atomic E-state index is -0.376. The lowest BCUT2D eigenvalue weighted by Crippen LogP contribution is -2.28. The van der Waals surface area contributed by atoms with E-state index >= 15 is 0 Å². The van der Waals surface area contributed by atoms with Crippen LogP contribution in [-0.2, 0) is 0 Å². The monoisotopic (exact) mass is 417 g/mol. The predicted molar refractivity (Wildman–Crippen MR) is 102 cm³/mol. The highest BCUT2D eigenvalue weighted by Crippen LogP contribution is 2.38. The van der Waals surface area contributed by atoms with Crippen LogP contribution in [0.25, 0.3) is 10.9 Å². The van der Waals surface area contributed by atoms with Gasteiger partial charge in [0.15, 0.2) is 17.3 Å². The minimum Gasteiger partial charge on any atom is -0.486 e. The van der Waals surface area contributed by atoms with Crippen LogP contribution in [0.1, 0.15) is 19.8 Å². The smallest absolute Gasteiger partial charge is 0.163 e. The molecule has 1 aliphatic rings. The maximum Gasteiger partial charge on any atom is 0.163 e. The molecule has 3 aromatic rings. The molecule has 0 aliphatic carbocycles. The van der Waals surface area contributed by atoms with Crippen LogP contribution in [0.2, 0.25) is 0 Å². The molecule has 5 nitrogen and oxygen atoms in total. The van der Waals surface area contributed by atoms with E-state index in [9.17, 15) is 4.39 Å². The number of benzene rings is 2. The fourth-order valence-electron chi connectivity index (χ4n) is 2.96. The zero-order valence-corrected chi connectivity index (χ0v) is 15.7. The van der Waals surface area contributed by atoms with Gasteiger partial charge in [-0.1, -0.05) is 19.4 Å². The molecule has 1 aliphatic heterocycles. The Morgan fingerprint density at radius 2 is 2.15 bits per heavy atom. The summed E-state index contributed by atoms with van der Waals surface area (Å²) in [7, 11) is 0. The van der Waals surface area contributed by atoms with Crippen molar-refractivity contribution in [3.05, 3.63) is 46.9 Å². The standard InChI is InChI=1S/C19H17BrFN3O2/c1-2-4-11-9-25-16-7-12-15(8-17(16)26-11)22-10-23-19(12)24-14-6-3-5-13(20)18(14)21/h3,5-8,10-11H,2,4,9H2,1H3,(H,22,23,24). The van der Waals surface area contributed by atoms with Gasteiger partial charge in [-0.15, -0.1) is 0 Å². The molecule has 0 bridgehead atoms. The first-order valence-electron chi connectivity index (χ1n) is 8.45. The molecule has 0 saturated heterocycles. The molecule has 0 fully saturated rings. The zero-order valence-electron chi connectivity index (χ0n) is 14.1. The van der Waals surface area contributed by atoms with Gasteiger partial charge in [0.1, 0.15) is 24.9 Å². The molecule has 1 N–H and O–H groups in total. The van der Waals surface area contributed by atoms with Crippen molar-refractivity contribution in [3.8, 4) is 11.5 Å². The highest BCUT2D eigenvalue weighted by molar-refractivity contribution is 9.10. The van der Waals surface area contributed by atoms with Crippen LogP contribution in [0.3, 0.4) is 0 Å². The molecule has 2 heterocycles. The Balaban J connectivity index is 1.72. The fourth-order valence-corrected chi connectivity index (χ4v) is 3.32. The number of hydrogen-bond acceptors (Lipinski definition) is 5. The quantitative estimate of drug-likeness (QED) is 0.630. The summed E-state index contributed by atoms with van der Waals surface area (Å²) < 4.78 is 26.5. The van der Waals surface area contributed by atoms with E-state index in [4.69, 9.17) is 9.47 Å². The molecule has 0 amide bonds. The van der Waals surface area contributed by atoms with E-state index in [0.717, 1.165) is 18.2 Å². The van der Waals surface area contributed by atoms with Gasteiger partial charge in [-0.2, -0.15) is 0 Å². The predicted octanol–water partition coefficient (Wildman–Crippen LogP) is 5.21. The highest BCUT2D eigenvalue weighted by atomic mass is 79.9. The number of anilines is 2. The Kier molecular flexibility index (Phi) is 4.63. The Hall–Kier alpha value is -2.41. The first-order chi connectivity index (χ1) is 12.7. The SMILES string of the molecule is CCCC1COc2cc3c(Nc4cccc(Br)c4F)ncnc3cc2O1. The average Bonchev–Trinajstić information content (AvgIpc) is 2.64. The van der Waals surface area contributed by atoms with E-state index in [2.05, 4.69) is 38.1 Å². The molecule has 0 spiro atoms. The molecule has 4 rings (SSSR count). The van der Waals surface area contributed by atoms with Crippen LogP contribution in [0, 0.1) is 5.82 Å². The van der Waals surface area contributed by atoms with Crippen molar-refractivity contribution in [1.29, 1.82) is 0 Å². The zero-order chi connectivity index (χ0) is 18.1. The second kappa shape index (κ2) is 7.07. The maximum absolute atomic E-state index is 14.3. The molecular formula is C19H17BrFN3O2. The summed E-state index contributed by atoms with van der Waals surface area (Å²) in [6, 6.07) is 8.74. The maximum atomic E-state index is 14.3. The van der Waals surface area contributed by atoms with E-state index in [0.29, 0.717) is 39.6 Å². The van der Waals surface area contributed by atoms with E-state index in [-0.39, 0.29) is 11.9 Å². The molecule has 0 saturated carbocycles. The average molecular weight is 418 g/mol. The van der Waals surface area contributed by atoms with Crippen molar-refractivity contribution in [1.82, 2.24) is 9.97 Å². The van der Waals surface area contributed by atoms with Crippen LogP contribution in [0.4, 0.5) is 15.9 Å². The normalized spacial score (nSPS) is 15.9. The van der Waals surface area contributed by atoms with Crippen molar-refractivity contribution < 1.29 is 13.9 Å². The molecule has 1 aromatic heterocycles. The molecule has 7 heteroatoms. The number of ether oxygens (including phenoxy) is 2. The largest absolute Gasteiger partial charge is 0.486 e. The molecule has 26 heavy (non-hydrogen) atoms. The van der Waals surface area contributed by atoms with Gasteiger partial charge >= 0.3 is 0 Å². The molecule has 0 radical (unpaired) electrons. The first-order valence-corrected chi connectivity index (χ1v) is 9.24. The minimum absolute atomic E-state index is 0.0557.